The van der Waals surface area contributed by atoms with Crippen molar-refractivity contribution in [3.63, 3.8) is 0 Å². The van der Waals surface area contributed by atoms with E-state index in [1.807, 2.05) is 0 Å². The van der Waals surface area contributed by atoms with Gasteiger partial charge in [-0.25, -0.2) is 0 Å². The van der Waals surface area contributed by atoms with Gasteiger partial charge in [0.2, 0.25) is 0 Å². The second-order valence-corrected chi connectivity index (χ2v) is 11.0. The molecular weight excluding hydrogens is 492 g/mol. The first-order chi connectivity index (χ1) is 20.2. The van der Waals surface area contributed by atoms with E-state index in [4.69, 9.17) is 0 Å². The molecule has 0 aromatic heterocycles. The summed E-state index contributed by atoms with van der Waals surface area (Å²) in [5, 5.41) is 10.2. The fourth-order valence-corrected chi connectivity index (χ4v) is 6.46. The Bertz CT molecular complexity index is 2250. The van der Waals surface area contributed by atoms with Gasteiger partial charge >= 0.3 is 0 Å². The molecule has 0 radical (unpaired) electrons. The van der Waals surface area contributed by atoms with Crippen LogP contribution in [0.15, 0.2) is 152 Å². The van der Waals surface area contributed by atoms with E-state index >= 15 is 0 Å². The Kier molecular flexibility index (Phi) is 5.47. The summed E-state index contributed by atoms with van der Waals surface area (Å²) in [5.41, 5.74) is 8.85. The van der Waals surface area contributed by atoms with Crippen molar-refractivity contribution in [2.24, 2.45) is 0 Å². The lowest BCUT2D eigenvalue weighted by Gasteiger charge is -2.19. The first-order valence-electron chi connectivity index (χ1n) is 14.3. The summed E-state index contributed by atoms with van der Waals surface area (Å²) in [6, 6.07) is 55.7. The Hall–Kier alpha value is -5.20. The summed E-state index contributed by atoms with van der Waals surface area (Å²) in [5.74, 6) is 0. The van der Waals surface area contributed by atoms with E-state index in [0.717, 1.165) is 0 Å². The van der Waals surface area contributed by atoms with Crippen molar-refractivity contribution in [1.29, 1.82) is 0 Å². The minimum atomic E-state index is 1.23. The molecule has 8 rings (SSSR count). The van der Waals surface area contributed by atoms with Crippen LogP contribution in [0, 0.1) is 6.92 Å². The van der Waals surface area contributed by atoms with Crippen molar-refractivity contribution in [3.05, 3.63) is 157 Å². The number of hydrogen-bond acceptors (Lipinski definition) is 0. The van der Waals surface area contributed by atoms with Gasteiger partial charge < -0.3 is 0 Å². The highest BCUT2D eigenvalue weighted by atomic mass is 14.2. The molecule has 0 nitrogen and oxygen atoms in total. The average Bonchev–Trinajstić information content (AvgIpc) is 3.03. The first-order valence-corrected chi connectivity index (χ1v) is 14.3. The Balaban J connectivity index is 1.35. The molecule has 0 atom stereocenters. The van der Waals surface area contributed by atoms with Crippen LogP contribution in [-0.2, 0) is 0 Å². The molecule has 0 saturated carbocycles. The third-order valence-corrected chi connectivity index (χ3v) is 8.47. The smallest absolute Gasteiger partial charge is 0.00261 e. The monoisotopic (exact) mass is 520 g/mol. The predicted molar refractivity (Wildman–Crippen MR) is 178 cm³/mol. The van der Waals surface area contributed by atoms with Gasteiger partial charge in [0.05, 0.1) is 0 Å². The van der Waals surface area contributed by atoms with Crippen molar-refractivity contribution in [3.8, 4) is 33.4 Å². The van der Waals surface area contributed by atoms with Crippen molar-refractivity contribution in [1.82, 2.24) is 0 Å². The number of benzene rings is 8. The van der Waals surface area contributed by atoms with Gasteiger partial charge in [0.15, 0.2) is 0 Å². The van der Waals surface area contributed by atoms with Crippen LogP contribution < -0.4 is 0 Å². The van der Waals surface area contributed by atoms with Crippen molar-refractivity contribution < 1.29 is 0 Å². The average molecular weight is 521 g/mol. The van der Waals surface area contributed by atoms with E-state index in [1.165, 1.54) is 82.0 Å². The summed E-state index contributed by atoms with van der Waals surface area (Å²) in [7, 11) is 0. The van der Waals surface area contributed by atoms with Crippen LogP contribution in [0.2, 0.25) is 0 Å². The molecule has 0 saturated heterocycles. The van der Waals surface area contributed by atoms with Gasteiger partial charge in [-0.3, -0.25) is 0 Å². The zero-order chi connectivity index (χ0) is 27.3. The second-order valence-electron chi connectivity index (χ2n) is 11.0. The molecule has 0 aliphatic carbocycles. The zero-order valence-electron chi connectivity index (χ0n) is 22.9. The Morgan fingerprint density at radius 1 is 0.293 bits per heavy atom. The lowest BCUT2D eigenvalue weighted by atomic mass is 9.85. The maximum absolute atomic E-state index is 2.36. The minimum Gasteiger partial charge on any atom is -0.0616 e. The van der Waals surface area contributed by atoms with Crippen LogP contribution in [0.4, 0.5) is 0 Å². The molecule has 0 spiro atoms. The van der Waals surface area contributed by atoms with Gasteiger partial charge in [-0.1, -0.05) is 145 Å². The van der Waals surface area contributed by atoms with Crippen LogP contribution in [0.25, 0.3) is 76.5 Å². The van der Waals surface area contributed by atoms with Gasteiger partial charge in [-0.05, 0) is 95.5 Å². The second kappa shape index (κ2) is 9.47. The minimum absolute atomic E-state index is 1.23. The molecule has 0 fully saturated rings. The molecule has 8 aromatic rings. The summed E-state index contributed by atoms with van der Waals surface area (Å²) < 4.78 is 0. The molecule has 0 aliphatic rings. The van der Waals surface area contributed by atoms with Crippen LogP contribution in [0.3, 0.4) is 0 Å². The highest BCUT2D eigenvalue weighted by Crippen LogP contribution is 2.44. The molecule has 0 heterocycles. The Morgan fingerprint density at radius 2 is 0.756 bits per heavy atom. The maximum atomic E-state index is 2.36. The van der Waals surface area contributed by atoms with E-state index in [0.29, 0.717) is 0 Å². The standard InChI is InChI=1S/C41H28/c1-27-14-23-38-39(24-27)40(31-19-15-30(16-20-31)34-21-17-28-8-2-4-10-32(28)25-34)36-12-6-7-13-37(36)41(38)35-22-18-29-9-3-5-11-33(29)26-35/h2-26H,1H3. The molecular formula is C41H28. The van der Waals surface area contributed by atoms with Gasteiger partial charge in [0.1, 0.15) is 0 Å². The third-order valence-electron chi connectivity index (χ3n) is 8.47. The van der Waals surface area contributed by atoms with E-state index in [9.17, 15) is 0 Å². The van der Waals surface area contributed by atoms with Gasteiger partial charge in [0, 0.05) is 0 Å². The highest BCUT2D eigenvalue weighted by Gasteiger charge is 2.17. The zero-order valence-corrected chi connectivity index (χ0v) is 22.9. The van der Waals surface area contributed by atoms with Crippen LogP contribution in [-0.4, -0.2) is 0 Å². The summed E-state index contributed by atoms with van der Waals surface area (Å²) in [4.78, 5) is 0. The largest absolute Gasteiger partial charge is 0.0616 e. The van der Waals surface area contributed by atoms with Crippen molar-refractivity contribution in [2.45, 2.75) is 6.92 Å². The summed E-state index contributed by atoms with van der Waals surface area (Å²) in [6.07, 6.45) is 0. The molecule has 0 heteroatoms. The van der Waals surface area contributed by atoms with Gasteiger partial charge in [-0.15, -0.1) is 0 Å². The first kappa shape index (κ1) is 23.7. The molecule has 0 unspecified atom stereocenters. The molecule has 0 bridgehead atoms. The lowest BCUT2D eigenvalue weighted by molar-refractivity contribution is 1.51. The normalized spacial score (nSPS) is 11.5. The molecule has 0 amide bonds. The summed E-state index contributed by atoms with van der Waals surface area (Å²) in [6.45, 7) is 2.19. The SMILES string of the molecule is Cc1ccc2c(-c3ccc4ccccc4c3)c3ccccc3c(-c3ccc(-c4ccc5ccccc5c4)cc3)c2c1. The molecule has 0 N–H and O–H groups in total. The van der Waals surface area contributed by atoms with E-state index in [2.05, 4.69) is 159 Å². The molecule has 0 aliphatic heterocycles. The molecule has 192 valence electrons. The Labute approximate surface area is 240 Å². The lowest BCUT2D eigenvalue weighted by Crippen LogP contribution is -1.92. The van der Waals surface area contributed by atoms with Crippen molar-refractivity contribution >= 4 is 43.1 Å². The number of aryl methyl sites for hydroxylation is 1. The van der Waals surface area contributed by atoms with Crippen LogP contribution >= 0.6 is 0 Å². The Morgan fingerprint density at radius 3 is 1.41 bits per heavy atom. The number of rotatable bonds is 3. The number of fused-ring (bicyclic) bond motifs is 4. The fourth-order valence-electron chi connectivity index (χ4n) is 6.46. The third kappa shape index (κ3) is 4.00. The summed E-state index contributed by atoms with van der Waals surface area (Å²) >= 11 is 0. The van der Waals surface area contributed by atoms with Crippen LogP contribution in [0.1, 0.15) is 5.56 Å². The topological polar surface area (TPSA) is 0 Å². The van der Waals surface area contributed by atoms with Gasteiger partial charge in [-0.2, -0.15) is 0 Å². The van der Waals surface area contributed by atoms with Gasteiger partial charge in [0.25, 0.3) is 0 Å². The van der Waals surface area contributed by atoms with E-state index in [1.54, 1.807) is 0 Å². The maximum Gasteiger partial charge on any atom is -0.00261 e. The number of hydrogen-bond donors (Lipinski definition) is 0. The van der Waals surface area contributed by atoms with E-state index in [-0.39, 0.29) is 0 Å². The predicted octanol–water partition coefficient (Wildman–Crippen LogP) is 11.6. The van der Waals surface area contributed by atoms with Crippen LogP contribution in [0.5, 0.6) is 0 Å². The van der Waals surface area contributed by atoms with Crippen molar-refractivity contribution in [2.75, 3.05) is 0 Å². The molecule has 8 aromatic carbocycles. The van der Waals surface area contributed by atoms with E-state index < -0.39 is 0 Å². The fraction of sp³-hybridized carbons (Fsp3) is 0.0244. The highest BCUT2D eigenvalue weighted by molar-refractivity contribution is 6.21. The molecule has 41 heavy (non-hydrogen) atoms. The quantitative estimate of drug-likeness (QED) is 0.203.